The molecular weight excluding hydrogens is 417 g/mol. The molecule has 4 rings (SSSR count). The summed E-state index contributed by atoms with van der Waals surface area (Å²) in [4.78, 5) is 32.1. The van der Waals surface area contributed by atoms with Crippen LogP contribution in [0, 0.1) is 12.7 Å². The van der Waals surface area contributed by atoms with Crippen molar-refractivity contribution in [3.05, 3.63) is 63.9 Å². The number of aromatic nitrogens is 1. The molecule has 1 atom stereocenters. The number of aryl methyl sites for hydroxylation is 2. The number of fused-ring (bicyclic) bond motifs is 1. The monoisotopic (exact) mass is 441 g/mol. The molecule has 6 nitrogen and oxygen atoms in total. The van der Waals surface area contributed by atoms with Crippen LogP contribution in [0.1, 0.15) is 45.3 Å². The number of carbonyl (C=O) groups is 2. The van der Waals surface area contributed by atoms with Crippen molar-refractivity contribution in [3.8, 4) is 0 Å². The fourth-order valence-electron chi connectivity index (χ4n) is 3.97. The maximum Gasteiger partial charge on any atom is 0.259 e. The zero-order valence-electron chi connectivity index (χ0n) is 17.3. The summed E-state index contributed by atoms with van der Waals surface area (Å²) in [5.74, 6) is -0.685. The minimum absolute atomic E-state index is 0.0467. The second-order valence-corrected chi connectivity index (χ2v) is 8.70. The number of nitrogens with two attached hydrogens (primary N) is 1. The summed E-state index contributed by atoms with van der Waals surface area (Å²) in [6.45, 7) is 3.01. The van der Waals surface area contributed by atoms with Crippen LogP contribution < -0.4 is 5.73 Å². The molecule has 1 aliphatic rings. The Hall–Kier alpha value is -2.84. The minimum atomic E-state index is -0.514. The molecule has 8 heteroatoms. The van der Waals surface area contributed by atoms with Crippen molar-refractivity contribution in [1.29, 1.82) is 0 Å². The first kappa shape index (κ1) is 21.4. The van der Waals surface area contributed by atoms with Crippen LogP contribution in [-0.4, -0.2) is 41.4 Å². The largest absolute Gasteiger partial charge is 0.370 e. The molecule has 31 heavy (non-hydrogen) atoms. The Morgan fingerprint density at radius 2 is 2.19 bits per heavy atom. The van der Waals surface area contributed by atoms with Crippen molar-refractivity contribution < 1.29 is 18.7 Å². The van der Waals surface area contributed by atoms with Crippen LogP contribution in [0.2, 0.25) is 0 Å². The molecular formula is C23H24FN3O3S. The lowest BCUT2D eigenvalue weighted by atomic mass is 10.0. The van der Waals surface area contributed by atoms with E-state index in [9.17, 15) is 14.0 Å². The Kier molecular flexibility index (Phi) is 6.29. The molecule has 3 heterocycles. The predicted octanol–water partition coefficient (Wildman–Crippen LogP) is 3.77. The second kappa shape index (κ2) is 9.11. The van der Waals surface area contributed by atoms with Crippen molar-refractivity contribution in [2.75, 3.05) is 19.7 Å². The zero-order valence-corrected chi connectivity index (χ0v) is 18.1. The fourth-order valence-corrected chi connectivity index (χ4v) is 5.02. The van der Waals surface area contributed by atoms with E-state index in [4.69, 9.17) is 10.5 Å². The summed E-state index contributed by atoms with van der Waals surface area (Å²) >= 11 is 1.25. The van der Waals surface area contributed by atoms with Crippen LogP contribution in [0.25, 0.3) is 10.2 Å². The fraction of sp³-hybridized carbons (Fsp3) is 0.348. The predicted molar refractivity (Wildman–Crippen MR) is 117 cm³/mol. The van der Waals surface area contributed by atoms with Crippen molar-refractivity contribution >= 4 is 33.4 Å². The van der Waals surface area contributed by atoms with Gasteiger partial charge in [0.2, 0.25) is 5.91 Å². The lowest BCUT2D eigenvalue weighted by Crippen LogP contribution is -2.42. The third-order valence-corrected chi connectivity index (χ3v) is 6.69. The molecule has 1 saturated heterocycles. The van der Waals surface area contributed by atoms with Gasteiger partial charge in [0.25, 0.3) is 5.91 Å². The van der Waals surface area contributed by atoms with Gasteiger partial charge in [-0.2, -0.15) is 0 Å². The number of hydrogen-bond acceptors (Lipinski definition) is 5. The molecule has 1 fully saturated rings. The Morgan fingerprint density at radius 3 is 2.97 bits per heavy atom. The smallest absolute Gasteiger partial charge is 0.259 e. The van der Waals surface area contributed by atoms with E-state index in [1.54, 1.807) is 24.1 Å². The van der Waals surface area contributed by atoms with E-state index in [0.717, 1.165) is 21.3 Å². The zero-order chi connectivity index (χ0) is 22.0. The third kappa shape index (κ3) is 4.60. The highest BCUT2D eigenvalue weighted by molar-refractivity contribution is 7.20. The normalized spacial score (nSPS) is 16.6. The number of ether oxygens (including phenoxy) is 1. The maximum atomic E-state index is 13.4. The minimum Gasteiger partial charge on any atom is -0.370 e. The number of pyridine rings is 1. The maximum absolute atomic E-state index is 13.4. The van der Waals surface area contributed by atoms with Gasteiger partial charge in [-0.3, -0.25) is 9.59 Å². The Balaban J connectivity index is 1.43. The number of primary amides is 1. The molecule has 2 amide bonds. The molecule has 1 aliphatic heterocycles. The van der Waals surface area contributed by atoms with Gasteiger partial charge in [-0.05, 0) is 43.0 Å². The first-order chi connectivity index (χ1) is 14.9. The van der Waals surface area contributed by atoms with Crippen LogP contribution in [0.15, 0.2) is 36.5 Å². The molecule has 1 unspecified atom stereocenters. The average Bonchev–Trinajstić information content (AvgIpc) is 3.16. The molecule has 2 aromatic heterocycles. The van der Waals surface area contributed by atoms with Gasteiger partial charge in [-0.15, -0.1) is 11.3 Å². The molecule has 1 aromatic carbocycles. The van der Waals surface area contributed by atoms with Gasteiger partial charge >= 0.3 is 0 Å². The number of thiophene rings is 1. The van der Waals surface area contributed by atoms with Gasteiger partial charge < -0.3 is 15.4 Å². The van der Waals surface area contributed by atoms with E-state index in [2.05, 4.69) is 4.98 Å². The average molecular weight is 442 g/mol. The van der Waals surface area contributed by atoms with Gasteiger partial charge in [0.05, 0.1) is 13.2 Å². The Bertz CT molecular complexity index is 1130. The van der Waals surface area contributed by atoms with Gasteiger partial charge in [0, 0.05) is 30.1 Å². The van der Waals surface area contributed by atoms with E-state index in [1.165, 1.54) is 17.4 Å². The van der Waals surface area contributed by atoms with Crippen LogP contribution in [-0.2, 0) is 16.0 Å². The van der Waals surface area contributed by atoms with E-state index < -0.39 is 12.0 Å². The summed E-state index contributed by atoms with van der Waals surface area (Å²) in [6.07, 6.45) is 3.06. The number of benzene rings is 1. The molecule has 0 spiro atoms. The summed E-state index contributed by atoms with van der Waals surface area (Å²) in [7, 11) is 0. The molecule has 0 bridgehead atoms. The van der Waals surface area contributed by atoms with Crippen molar-refractivity contribution in [2.24, 2.45) is 5.73 Å². The number of carbonyl (C=O) groups excluding carboxylic acids is 2. The van der Waals surface area contributed by atoms with E-state index in [1.807, 2.05) is 18.2 Å². The van der Waals surface area contributed by atoms with Gasteiger partial charge in [0.1, 0.15) is 21.6 Å². The Morgan fingerprint density at radius 1 is 1.35 bits per heavy atom. The summed E-state index contributed by atoms with van der Waals surface area (Å²) in [6, 6.07) is 8.77. The topological polar surface area (TPSA) is 85.5 Å². The molecule has 3 aromatic rings. The summed E-state index contributed by atoms with van der Waals surface area (Å²) in [5, 5.41) is 0.840. The number of halogens is 1. The highest BCUT2D eigenvalue weighted by atomic mass is 32.1. The number of nitrogens with zero attached hydrogens (tertiary/aromatic N) is 2. The number of rotatable bonds is 6. The molecule has 0 aliphatic carbocycles. The van der Waals surface area contributed by atoms with Crippen LogP contribution in [0.3, 0.4) is 0 Å². The molecule has 162 valence electrons. The van der Waals surface area contributed by atoms with Crippen molar-refractivity contribution in [3.63, 3.8) is 0 Å². The van der Waals surface area contributed by atoms with Crippen LogP contribution >= 0.6 is 11.3 Å². The third-order valence-electron chi connectivity index (χ3n) is 5.55. The van der Waals surface area contributed by atoms with Crippen LogP contribution in [0.4, 0.5) is 4.39 Å². The van der Waals surface area contributed by atoms with E-state index in [0.29, 0.717) is 49.4 Å². The quantitative estimate of drug-likeness (QED) is 0.631. The highest BCUT2D eigenvalue weighted by Crippen LogP contribution is 2.37. The highest BCUT2D eigenvalue weighted by Gasteiger charge is 2.31. The SMILES string of the molecule is Cc1cc(CCCC(=O)N2CCOC(c3c(C(N)=O)sc4ncccc34)C2)ccc1F. The molecule has 2 N–H and O–H groups in total. The van der Waals surface area contributed by atoms with Gasteiger partial charge in [-0.1, -0.05) is 18.2 Å². The van der Waals surface area contributed by atoms with Crippen LogP contribution in [0.5, 0.6) is 0 Å². The van der Waals surface area contributed by atoms with E-state index >= 15 is 0 Å². The van der Waals surface area contributed by atoms with Crippen molar-refractivity contribution in [2.45, 2.75) is 32.3 Å². The number of amides is 2. The van der Waals surface area contributed by atoms with Crippen molar-refractivity contribution in [1.82, 2.24) is 9.88 Å². The summed E-state index contributed by atoms with van der Waals surface area (Å²) < 4.78 is 19.4. The number of hydrogen-bond donors (Lipinski definition) is 1. The van der Waals surface area contributed by atoms with Gasteiger partial charge in [-0.25, -0.2) is 9.37 Å². The lowest BCUT2D eigenvalue weighted by Gasteiger charge is -2.33. The second-order valence-electron chi connectivity index (χ2n) is 7.70. The first-order valence-corrected chi connectivity index (χ1v) is 11.1. The lowest BCUT2D eigenvalue weighted by molar-refractivity contribution is -0.139. The van der Waals surface area contributed by atoms with E-state index in [-0.39, 0.29) is 11.7 Å². The first-order valence-electron chi connectivity index (χ1n) is 10.3. The molecule has 0 radical (unpaired) electrons. The summed E-state index contributed by atoms with van der Waals surface area (Å²) in [5.41, 5.74) is 7.96. The molecule has 0 saturated carbocycles. The van der Waals surface area contributed by atoms with Gasteiger partial charge in [0.15, 0.2) is 0 Å². The number of morpholine rings is 1. The standard InChI is InChI=1S/C23H24FN3O3S/c1-14-12-15(7-8-17(14)24)4-2-6-19(28)27-10-11-30-18(13-27)20-16-5-3-9-26-23(16)31-21(20)22(25)29/h3,5,7-9,12,18H,2,4,6,10-11,13H2,1H3,(H2,25,29). The Labute approximate surface area is 183 Å².